The minimum atomic E-state index is -0.818. The van der Waals surface area contributed by atoms with Crippen molar-refractivity contribution in [2.75, 3.05) is 13.7 Å². The number of hydrogen-bond donors (Lipinski definition) is 1. The van der Waals surface area contributed by atoms with Crippen LogP contribution in [0.4, 0.5) is 0 Å². The molecule has 0 aliphatic heterocycles. The Kier molecular flexibility index (Phi) is 4.59. The number of methoxy groups -OCH3 is 1. The third kappa shape index (κ3) is 3.65. The highest BCUT2D eigenvalue weighted by Crippen LogP contribution is 2.29. The molecule has 1 aromatic carbocycles. The average Bonchev–Trinajstić information content (AvgIpc) is 2.30. The number of aliphatic carboxylic acids is 1. The van der Waals surface area contributed by atoms with E-state index in [-0.39, 0.29) is 0 Å². The Hall–Kier alpha value is -1.71. The molecule has 0 bridgehead atoms. The van der Waals surface area contributed by atoms with Crippen LogP contribution in [0.2, 0.25) is 0 Å². The van der Waals surface area contributed by atoms with Crippen molar-refractivity contribution in [3.63, 3.8) is 0 Å². The Morgan fingerprint density at radius 1 is 1.33 bits per heavy atom. The lowest BCUT2D eigenvalue weighted by Crippen LogP contribution is -2.25. The summed E-state index contributed by atoms with van der Waals surface area (Å²) in [5.41, 5.74) is 0.308. The molecular weight excluding hydrogens is 232 g/mol. The van der Waals surface area contributed by atoms with Crippen LogP contribution in [0.3, 0.4) is 0 Å². The predicted molar refractivity (Wildman–Crippen MR) is 69.3 cm³/mol. The van der Waals surface area contributed by atoms with Crippen molar-refractivity contribution in [1.82, 2.24) is 0 Å². The number of carboxylic acid groups (broad SMARTS) is 1. The van der Waals surface area contributed by atoms with Gasteiger partial charge in [0, 0.05) is 0 Å². The maximum Gasteiger partial charge on any atom is 0.309 e. The molecule has 0 amide bonds. The Balaban J connectivity index is 2.62. The summed E-state index contributed by atoms with van der Waals surface area (Å²) >= 11 is 0. The van der Waals surface area contributed by atoms with Crippen molar-refractivity contribution in [2.45, 2.75) is 27.2 Å². The van der Waals surface area contributed by atoms with E-state index in [0.29, 0.717) is 24.5 Å². The van der Waals surface area contributed by atoms with Gasteiger partial charge >= 0.3 is 5.97 Å². The maximum atomic E-state index is 11.0. The van der Waals surface area contributed by atoms with Crippen LogP contribution in [-0.4, -0.2) is 24.8 Å². The summed E-state index contributed by atoms with van der Waals surface area (Å²) in [5.74, 6) is 0.495. The first kappa shape index (κ1) is 14.4. The van der Waals surface area contributed by atoms with Crippen molar-refractivity contribution in [3.8, 4) is 11.5 Å². The second-order valence-electron chi connectivity index (χ2n) is 4.94. The Bertz CT molecular complexity index is 424. The highest BCUT2D eigenvalue weighted by Gasteiger charge is 2.26. The molecule has 1 aromatic rings. The molecule has 4 nitrogen and oxygen atoms in total. The Morgan fingerprint density at radius 2 is 2.00 bits per heavy atom. The molecule has 0 aliphatic carbocycles. The van der Waals surface area contributed by atoms with Gasteiger partial charge in [0.15, 0.2) is 11.5 Å². The summed E-state index contributed by atoms with van der Waals surface area (Å²) in [4.78, 5) is 11.0. The summed E-state index contributed by atoms with van der Waals surface area (Å²) in [5, 5.41) is 9.00. The van der Waals surface area contributed by atoms with Crippen LogP contribution in [-0.2, 0) is 4.79 Å². The summed E-state index contributed by atoms with van der Waals surface area (Å²) in [6.07, 6.45) is 0.444. The van der Waals surface area contributed by atoms with E-state index in [1.165, 1.54) is 0 Å². The van der Waals surface area contributed by atoms with Crippen LogP contribution in [0.5, 0.6) is 11.5 Å². The minimum Gasteiger partial charge on any atom is -0.493 e. The number of carboxylic acids is 1. The van der Waals surface area contributed by atoms with Crippen molar-refractivity contribution in [3.05, 3.63) is 23.8 Å². The van der Waals surface area contributed by atoms with Crippen LogP contribution in [0.15, 0.2) is 18.2 Å². The third-order valence-corrected chi connectivity index (χ3v) is 2.88. The molecule has 100 valence electrons. The fourth-order valence-electron chi connectivity index (χ4n) is 1.42. The zero-order valence-corrected chi connectivity index (χ0v) is 11.3. The fraction of sp³-hybridized carbons (Fsp3) is 0.500. The van der Waals surface area contributed by atoms with Gasteiger partial charge < -0.3 is 14.6 Å². The molecule has 0 atom stereocenters. The molecule has 18 heavy (non-hydrogen) atoms. The van der Waals surface area contributed by atoms with Crippen LogP contribution < -0.4 is 9.47 Å². The molecule has 0 saturated carbocycles. The summed E-state index contributed by atoms with van der Waals surface area (Å²) in [7, 11) is 1.59. The van der Waals surface area contributed by atoms with Gasteiger partial charge in [0.2, 0.25) is 0 Å². The van der Waals surface area contributed by atoms with Gasteiger partial charge in [-0.25, -0.2) is 0 Å². The van der Waals surface area contributed by atoms with E-state index in [1.54, 1.807) is 21.0 Å². The highest BCUT2D eigenvalue weighted by atomic mass is 16.5. The van der Waals surface area contributed by atoms with Gasteiger partial charge in [-0.1, -0.05) is 6.07 Å². The molecule has 0 fully saturated rings. The molecule has 4 heteroatoms. The zero-order chi connectivity index (χ0) is 13.8. The van der Waals surface area contributed by atoms with Gasteiger partial charge in [-0.05, 0) is 44.9 Å². The SMILES string of the molecule is COc1cc(C)ccc1OCCC(C)(C)C(=O)O. The van der Waals surface area contributed by atoms with E-state index in [1.807, 2.05) is 25.1 Å². The summed E-state index contributed by atoms with van der Waals surface area (Å²) < 4.78 is 10.8. The number of aryl methyl sites for hydroxylation is 1. The Morgan fingerprint density at radius 3 is 2.56 bits per heavy atom. The molecule has 0 aliphatic rings. The number of hydrogen-bond acceptors (Lipinski definition) is 3. The standard InChI is InChI=1S/C14H20O4/c1-10-5-6-11(12(9-10)17-4)18-8-7-14(2,3)13(15)16/h5-6,9H,7-8H2,1-4H3,(H,15,16). The maximum absolute atomic E-state index is 11.0. The Labute approximate surface area is 108 Å². The van der Waals surface area contributed by atoms with Crippen molar-refractivity contribution >= 4 is 5.97 Å². The third-order valence-electron chi connectivity index (χ3n) is 2.88. The van der Waals surface area contributed by atoms with E-state index in [2.05, 4.69) is 0 Å². The number of carbonyl (C=O) groups is 1. The molecule has 1 N–H and O–H groups in total. The van der Waals surface area contributed by atoms with E-state index >= 15 is 0 Å². The lowest BCUT2D eigenvalue weighted by Gasteiger charge is -2.19. The monoisotopic (exact) mass is 252 g/mol. The number of ether oxygens (including phenoxy) is 2. The molecule has 0 radical (unpaired) electrons. The van der Waals surface area contributed by atoms with Crippen LogP contribution in [0.1, 0.15) is 25.8 Å². The van der Waals surface area contributed by atoms with Crippen LogP contribution in [0.25, 0.3) is 0 Å². The van der Waals surface area contributed by atoms with Crippen LogP contribution >= 0.6 is 0 Å². The fourth-order valence-corrected chi connectivity index (χ4v) is 1.42. The van der Waals surface area contributed by atoms with Crippen molar-refractivity contribution in [2.24, 2.45) is 5.41 Å². The first-order valence-electron chi connectivity index (χ1n) is 5.87. The highest BCUT2D eigenvalue weighted by molar-refractivity contribution is 5.73. The molecule has 0 spiro atoms. The zero-order valence-electron chi connectivity index (χ0n) is 11.3. The van der Waals surface area contributed by atoms with Gasteiger partial charge in [-0.15, -0.1) is 0 Å². The van der Waals surface area contributed by atoms with Crippen LogP contribution in [0, 0.1) is 12.3 Å². The van der Waals surface area contributed by atoms with Gasteiger partial charge in [-0.2, -0.15) is 0 Å². The van der Waals surface area contributed by atoms with E-state index in [0.717, 1.165) is 5.56 Å². The average molecular weight is 252 g/mol. The van der Waals surface area contributed by atoms with E-state index < -0.39 is 11.4 Å². The molecule has 0 aromatic heterocycles. The second kappa shape index (κ2) is 5.76. The molecule has 0 unspecified atom stereocenters. The molecule has 0 heterocycles. The van der Waals surface area contributed by atoms with Gasteiger partial charge in [0.25, 0.3) is 0 Å². The van der Waals surface area contributed by atoms with Gasteiger partial charge in [0.05, 0.1) is 19.1 Å². The lowest BCUT2D eigenvalue weighted by atomic mass is 9.90. The van der Waals surface area contributed by atoms with E-state index in [4.69, 9.17) is 14.6 Å². The van der Waals surface area contributed by atoms with Crippen molar-refractivity contribution in [1.29, 1.82) is 0 Å². The number of benzene rings is 1. The largest absolute Gasteiger partial charge is 0.493 e. The van der Waals surface area contributed by atoms with Gasteiger partial charge in [0.1, 0.15) is 0 Å². The first-order valence-corrected chi connectivity index (χ1v) is 5.87. The summed E-state index contributed by atoms with van der Waals surface area (Å²) in [6, 6.07) is 5.65. The molecule has 1 rings (SSSR count). The lowest BCUT2D eigenvalue weighted by molar-refractivity contribution is -0.147. The predicted octanol–water partition coefficient (Wildman–Crippen LogP) is 2.88. The van der Waals surface area contributed by atoms with E-state index in [9.17, 15) is 4.79 Å². The quantitative estimate of drug-likeness (QED) is 0.845. The number of rotatable bonds is 6. The topological polar surface area (TPSA) is 55.8 Å². The smallest absolute Gasteiger partial charge is 0.309 e. The molecule has 0 saturated heterocycles. The molecular formula is C14H20O4. The summed E-state index contributed by atoms with van der Waals surface area (Å²) in [6.45, 7) is 5.69. The first-order chi connectivity index (χ1) is 8.36. The second-order valence-corrected chi connectivity index (χ2v) is 4.94. The normalized spacial score (nSPS) is 11.1. The van der Waals surface area contributed by atoms with Gasteiger partial charge in [-0.3, -0.25) is 4.79 Å². The van der Waals surface area contributed by atoms with Crippen molar-refractivity contribution < 1.29 is 19.4 Å². The minimum absolute atomic E-state index is 0.346.